The maximum atomic E-state index is 13.0. The van der Waals surface area contributed by atoms with Crippen molar-refractivity contribution in [3.63, 3.8) is 0 Å². The summed E-state index contributed by atoms with van der Waals surface area (Å²) in [5.41, 5.74) is -1.83. The van der Waals surface area contributed by atoms with Crippen molar-refractivity contribution in [3.05, 3.63) is 41.7 Å². The highest BCUT2D eigenvalue weighted by Crippen LogP contribution is 2.35. The van der Waals surface area contributed by atoms with E-state index in [1.54, 1.807) is 0 Å². The first-order valence-corrected chi connectivity index (χ1v) is 9.09. The monoisotopic (exact) mass is 432 g/mol. The molecule has 0 N–H and O–H groups in total. The van der Waals surface area contributed by atoms with Crippen LogP contribution < -0.4 is 0 Å². The Morgan fingerprint density at radius 1 is 0.966 bits per heavy atom. The highest BCUT2D eigenvalue weighted by atomic mass is 32.2. The predicted molar refractivity (Wildman–Crippen MR) is 91.4 cm³/mol. The fourth-order valence-corrected chi connectivity index (χ4v) is 3.50. The zero-order chi connectivity index (χ0) is 21.0. The number of halogens is 6. The van der Waals surface area contributed by atoms with E-state index in [9.17, 15) is 26.3 Å². The van der Waals surface area contributed by atoms with E-state index < -0.39 is 23.5 Å². The van der Waals surface area contributed by atoms with Crippen LogP contribution in [0.4, 0.5) is 26.3 Å². The average Bonchev–Trinajstić information content (AvgIpc) is 3.20. The Morgan fingerprint density at radius 3 is 2.31 bits per heavy atom. The first-order valence-electron chi connectivity index (χ1n) is 8.10. The van der Waals surface area contributed by atoms with E-state index in [2.05, 4.69) is 20.2 Å². The molecule has 0 amide bonds. The molecule has 0 saturated heterocycles. The van der Waals surface area contributed by atoms with Gasteiger partial charge in [0, 0.05) is 6.20 Å². The molecule has 4 heterocycles. The number of nitrogens with zero attached hydrogens (tertiary/aromatic N) is 6. The SMILES string of the molecule is CCSc1c(-c2nc3cc(C(F)(F)F)cnn3n2)nc2cc(C(F)(F)F)ccn12. The summed E-state index contributed by atoms with van der Waals surface area (Å²) in [7, 11) is 0. The lowest BCUT2D eigenvalue weighted by atomic mass is 10.2. The predicted octanol–water partition coefficient (Wildman–Crippen LogP) is 4.59. The van der Waals surface area contributed by atoms with Crippen LogP contribution in [-0.2, 0) is 12.4 Å². The van der Waals surface area contributed by atoms with Crippen LogP contribution in [-0.4, -0.2) is 34.9 Å². The van der Waals surface area contributed by atoms with E-state index in [-0.39, 0.29) is 22.8 Å². The second-order valence-electron chi connectivity index (χ2n) is 5.87. The molecular formula is C16H10F6N6S. The zero-order valence-corrected chi connectivity index (χ0v) is 15.3. The summed E-state index contributed by atoms with van der Waals surface area (Å²) in [4.78, 5) is 8.24. The second kappa shape index (κ2) is 6.61. The number of pyridine rings is 1. The van der Waals surface area contributed by atoms with E-state index >= 15 is 0 Å². The number of aromatic nitrogens is 6. The summed E-state index contributed by atoms with van der Waals surface area (Å²) < 4.78 is 80.0. The van der Waals surface area contributed by atoms with E-state index in [1.807, 2.05) is 6.92 Å². The van der Waals surface area contributed by atoms with Crippen molar-refractivity contribution in [1.29, 1.82) is 0 Å². The normalized spacial score (nSPS) is 12.9. The molecule has 0 aliphatic rings. The lowest BCUT2D eigenvalue weighted by Crippen LogP contribution is -2.07. The number of imidazole rings is 1. The minimum absolute atomic E-state index is 0.0218. The maximum absolute atomic E-state index is 13.0. The topological polar surface area (TPSA) is 60.4 Å². The van der Waals surface area contributed by atoms with Crippen LogP contribution in [0.2, 0.25) is 0 Å². The molecule has 13 heteroatoms. The molecular weight excluding hydrogens is 422 g/mol. The minimum atomic E-state index is -4.60. The van der Waals surface area contributed by atoms with Crippen molar-refractivity contribution < 1.29 is 26.3 Å². The van der Waals surface area contributed by atoms with Gasteiger partial charge in [0.15, 0.2) is 5.65 Å². The zero-order valence-electron chi connectivity index (χ0n) is 14.5. The van der Waals surface area contributed by atoms with Crippen molar-refractivity contribution in [2.24, 2.45) is 0 Å². The first-order chi connectivity index (χ1) is 13.6. The quantitative estimate of drug-likeness (QED) is 0.350. The van der Waals surface area contributed by atoms with Crippen LogP contribution >= 0.6 is 11.8 Å². The standard InChI is InChI=1S/C16H10F6N6S/c1-2-29-14-12(24-10-5-8(15(17,18)19)3-4-27(10)14)13-25-11-6-9(16(20,21)22)7-23-28(11)26-13/h3-7H,2H2,1H3. The highest BCUT2D eigenvalue weighted by molar-refractivity contribution is 7.99. The highest BCUT2D eigenvalue weighted by Gasteiger charge is 2.33. The second-order valence-corrected chi connectivity index (χ2v) is 7.12. The summed E-state index contributed by atoms with van der Waals surface area (Å²) in [5.74, 6) is 0.538. The fraction of sp³-hybridized carbons (Fsp3) is 0.250. The Balaban J connectivity index is 1.89. The number of hydrogen-bond donors (Lipinski definition) is 0. The summed E-state index contributed by atoms with van der Waals surface area (Å²) >= 11 is 1.29. The third-order valence-corrected chi connectivity index (χ3v) is 4.89. The minimum Gasteiger partial charge on any atom is -0.294 e. The molecule has 0 aliphatic carbocycles. The molecule has 0 saturated carbocycles. The molecule has 4 aromatic rings. The molecule has 6 nitrogen and oxygen atoms in total. The van der Waals surface area contributed by atoms with Gasteiger partial charge in [-0.3, -0.25) is 4.40 Å². The number of fused-ring (bicyclic) bond motifs is 2. The molecule has 4 aromatic heterocycles. The third kappa shape index (κ3) is 3.50. The third-order valence-electron chi connectivity index (χ3n) is 3.94. The molecule has 0 spiro atoms. The van der Waals surface area contributed by atoms with E-state index in [0.717, 1.165) is 22.8 Å². The van der Waals surface area contributed by atoms with Gasteiger partial charge in [0.1, 0.15) is 16.4 Å². The largest absolute Gasteiger partial charge is 0.418 e. The van der Waals surface area contributed by atoms with Gasteiger partial charge in [0.05, 0.1) is 17.3 Å². The Labute approximate surface area is 162 Å². The van der Waals surface area contributed by atoms with E-state index in [1.165, 1.54) is 22.4 Å². The summed E-state index contributed by atoms with van der Waals surface area (Å²) in [6.45, 7) is 1.84. The van der Waals surface area contributed by atoms with Crippen molar-refractivity contribution in [2.75, 3.05) is 5.75 Å². The maximum Gasteiger partial charge on any atom is 0.418 e. The van der Waals surface area contributed by atoms with Gasteiger partial charge in [-0.15, -0.1) is 21.5 Å². The smallest absolute Gasteiger partial charge is 0.294 e. The lowest BCUT2D eigenvalue weighted by molar-refractivity contribution is -0.138. The van der Waals surface area contributed by atoms with Gasteiger partial charge >= 0.3 is 12.4 Å². The van der Waals surface area contributed by atoms with E-state index in [0.29, 0.717) is 17.0 Å². The summed E-state index contributed by atoms with van der Waals surface area (Å²) in [6, 6.07) is 2.60. The van der Waals surface area contributed by atoms with Gasteiger partial charge in [0.25, 0.3) is 0 Å². The van der Waals surface area contributed by atoms with Crippen molar-refractivity contribution in [2.45, 2.75) is 24.3 Å². The van der Waals surface area contributed by atoms with Crippen molar-refractivity contribution in [3.8, 4) is 11.5 Å². The van der Waals surface area contributed by atoms with Crippen molar-refractivity contribution in [1.82, 2.24) is 29.2 Å². The number of thioether (sulfide) groups is 1. The fourth-order valence-electron chi connectivity index (χ4n) is 2.66. The van der Waals surface area contributed by atoms with Gasteiger partial charge in [-0.25, -0.2) is 9.97 Å². The van der Waals surface area contributed by atoms with Crippen LogP contribution in [0, 0.1) is 0 Å². The van der Waals surface area contributed by atoms with Crippen LogP contribution in [0.3, 0.4) is 0 Å². The van der Waals surface area contributed by atoms with Crippen LogP contribution in [0.25, 0.3) is 22.8 Å². The van der Waals surface area contributed by atoms with Gasteiger partial charge < -0.3 is 0 Å². The van der Waals surface area contributed by atoms with Crippen LogP contribution in [0.15, 0.2) is 35.6 Å². The van der Waals surface area contributed by atoms with Gasteiger partial charge in [-0.2, -0.15) is 31.4 Å². The Morgan fingerprint density at radius 2 is 1.66 bits per heavy atom. The number of alkyl halides is 6. The van der Waals surface area contributed by atoms with Crippen LogP contribution in [0.5, 0.6) is 0 Å². The Hall–Kier alpha value is -2.83. The molecule has 0 atom stereocenters. The van der Waals surface area contributed by atoms with Gasteiger partial charge in [0.2, 0.25) is 5.82 Å². The molecule has 0 bridgehead atoms. The molecule has 4 rings (SSSR count). The molecule has 0 unspecified atom stereocenters. The summed E-state index contributed by atoms with van der Waals surface area (Å²) in [6.07, 6.45) is -7.28. The van der Waals surface area contributed by atoms with Crippen LogP contribution in [0.1, 0.15) is 18.1 Å². The van der Waals surface area contributed by atoms with E-state index in [4.69, 9.17) is 0 Å². The Bertz CT molecular complexity index is 1210. The average molecular weight is 432 g/mol. The number of hydrogen-bond acceptors (Lipinski definition) is 5. The molecule has 0 aromatic carbocycles. The molecule has 29 heavy (non-hydrogen) atoms. The van der Waals surface area contributed by atoms with Gasteiger partial charge in [-0.05, 0) is 24.0 Å². The summed E-state index contributed by atoms with van der Waals surface area (Å²) in [5, 5.41) is 8.11. The molecule has 152 valence electrons. The van der Waals surface area contributed by atoms with Crippen molar-refractivity contribution >= 4 is 23.1 Å². The lowest BCUT2D eigenvalue weighted by Gasteiger charge is -2.07. The number of rotatable bonds is 3. The van der Waals surface area contributed by atoms with Gasteiger partial charge in [-0.1, -0.05) is 6.92 Å². The molecule has 0 fully saturated rings. The molecule has 0 radical (unpaired) electrons. The Kier molecular flexibility index (Phi) is 4.44. The molecule has 0 aliphatic heterocycles. The first kappa shape index (κ1) is 19.5.